The molecule has 2 aromatic carbocycles. The Bertz CT molecular complexity index is 656. The van der Waals surface area contributed by atoms with Gasteiger partial charge in [-0.15, -0.1) is 0 Å². The maximum absolute atomic E-state index is 10.7. The van der Waals surface area contributed by atoms with E-state index >= 15 is 0 Å². The molecule has 130 valence electrons. The zero-order valence-corrected chi connectivity index (χ0v) is 14.2. The van der Waals surface area contributed by atoms with Crippen LogP contribution >= 0.6 is 0 Å². The van der Waals surface area contributed by atoms with E-state index in [9.17, 15) is 10.2 Å². The number of benzene rings is 2. The monoisotopic (exact) mass is 332 g/mol. The fraction of sp³-hybridized carbons (Fsp3) is 0.368. The van der Waals surface area contributed by atoms with Crippen LogP contribution in [-0.2, 0) is 6.42 Å². The van der Waals surface area contributed by atoms with E-state index in [4.69, 9.17) is 14.2 Å². The molecule has 0 bridgehead atoms. The Balaban J connectivity index is 2.24. The zero-order chi connectivity index (χ0) is 17.5. The fourth-order valence-electron chi connectivity index (χ4n) is 2.74. The van der Waals surface area contributed by atoms with E-state index < -0.39 is 6.10 Å². The van der Waals surface area contributed by atoms with Crippen LogP contribution in [0.4, 0.5) is 0 Å². The van der Waals surface area contributed by atoms with Crippen molar-refractivity contribution in [3.8, 4) is 17.2 Å². The summed E-state index contributed by atoms with van der Waals surface area (Å²) in [6, 6.07) is 12.9. The van der Waals surface area contributed by atoms with Crippen molar-refractivity contribution < 1.29 is 24.4 Å². The number of aliphatic hydroxyl groups is 2. The normalized spacial score (nSPS) is 13.2. The van der Waals surface area contributed by atoms with Crippen molar-refractivity contribution in [1.29, 1.82) is 0 Å². The van der Waals surface area contributed by atoms with Gasteiger partial charge >= 0.3 is 0 Å². The predicted octanol–water partition coefficient (Wildman–Crippen LogP) is 2.60. The van der Waals surface area contributed by atoms with Crippen LogP contribution in [0.2, 0.25) is 0 Å². The average molecular weight is 332 g/mol. The molecule has 0 aromatic heterocycles. The smallest absolute Gasteiger partial charge is 0.161 e. The minimum absolute atomic E-state index is 0.145. The summed E-state index contributed by atoms with van der Waals surface area (Å²) in [4.78, 5) is 0. The summed E-state index contributed by atoms with van der Waals surface area (Å²) in [6.45, 7) is -0.145. The van der Waals surface area contributed by atoms with Gasteiger partial charge in [-0.2, -0.15) is 0 Å². The van der Waals surface area contributed by atoms with Gasteiger partial charge in [-0.05, 0) is 35.7 Å². The number of hydrogen-bond acceptors (Lipinski definition) is 5. The lowest BCUT2D eigenvalue weighted by Crippen LogP contribution is -2.19. The molecule has 0 saturated carbocycles. The standard InChI is InChI=1S/C19H24O5/c1-22-16-7-5-4-6-13(16)10-15(12-20)19(21)14-8-9-17(23-2)18(11-14)24-3/h4-9,11,15,19-21H,10,12H2,1-3H3. The van der Waals surface area contributed by atoms with Crippen LogP contribution in [0.25, 0.3) is 0 Å². The number of aliphatic hydroxyl groups excluding tert-OH is 2. The minimum atomic E-state index is -0.834. The number of methoxy groups -OCH3 is 3. The van der Waals surface area contributed by atoms with Crippen LogP contribution in [0.5, 0.6) is 17.2 Å². The number of hydrogen-bond donors (Lipinski definition) is 2. The number of para-hydroxylation sites is 1. The quantitative estimate of drug-likeness (QED) is 0.778. The van der Waals surface area contributed by atoms with Crippen LogP contribution in [-0.4, -0.2) is 38.1 Å². The van der Waals surface area contributed by atoms with Gasteiger partial charge in [0.2, 0.25) is 0 Å². The molecule has 2 unspecified atom stereocenters. The molecule has 2 atom stereocenters. The molecule has 2 aromatic rings. The van der Waals surface area contributed by atoms with Crippen LogP contribution in [0, 0.1) is 5.92 Å². The van der Waals surface area contributed by atoms with Crippen LogP contribution in [0.15, 0.2) is 42.5 Å². The number of rotatable bonds is 8. The van der Waals surface area contributed by atoms with Gasteiger partial charge in [-0.1, -0.05) is 24.3 Å². The van der Waals surface area contributed by atoms with Gasteiger partial charge in [0.15, 0.2) is 11.5 Å². The maximum Gasteiger partial charge on any atom is 0.161 e. The van der Waals surface area contributed by atoms with E-state index in [0.29, 0.717) is 23.5 Å². The van der Waals surface area contributed by atoms with Gasteiger partial charge in [-0.25, -0.2) is 0 Å². The van der Waals surface area contributed by atoms with Gasteiger partial charge in [0, 0.05) is 12.5 Å². The summed E-state index contributed by atoms with van der Waals surface area (Å²) in [5.74, 6) is 1.52. The van der Waals surface area contributed by atoms with Gasteiger partial charge in [0.05, 0.1) is 27.4 Å². The highest BCUT2D eigenvalue weighted by Gasteiger charge is 2.23. The van der Waals surface area contributed by atoms with Crippen molar-refractivity contribution >= 4 is 0 Å². The van der Waals surface area contributed by atoms with E-state index in [-0.39, 0.29) is 12.5 Å². The summed E-state index contributed by atoms with van der Waals surface area (Å²) in [5, 5.41) is 20.4. The summed E-state index contributed by atoms with van der Waals surface area (Å²) in [7, 11) is 4.72. The molecule has 0 fully saturated rings. The first-order valence-electron chi connectivity index (χ1n) is 7.77. The van der Waals surface area contributed by atoms with Gasteiger partial charge in [-0.3, -0.25) is 0 Å². The molecule has 0 aliphatic heterocycles. The highest BCUT2D eigenvalue weighted by atomic mass is 16.5. The minimum Gasteiger partial charge on any atom is -0.496 e. The number of ether oxygens (including phenoxy) is 3. The molecule has 0 aliphatic carbocycles. The molecule has 2 rings (SSSR count). The van der Waals surface area contributed by atoms with Crippen molar-refractivity contribution in [3.63, 3.8) is 0 Å². The molecule has 0 aliphatic rings. The molecule has 0 heterocycles. The third-order valence-electron chi connectivity index (χ3n) is 4.10. The molecular formula is C19H24O5. The van der Waals surface area contributed by atoms with Gasteiger partial charge < -0.3 is 24.4 Å². The van der Waals surface area contributed by atoms with Gasteiger partial charge in [0.1, 0.15) is 5.75 Å². The van der Waals surface area contributed by atoms with Crippen molar-refractivity contribution in [3.05, 3.63) is 53.6 Å². The second kappa shape index (κ2) is 8.57. The first kappa shape index (κ1) is 18.1. The molecule has 0 radical (unpaired) electrons. The predicted molar refractivity (Wildman–Crippen MR) is 91.8 cm³/mol. The molecule has 5 heteroatoms. The summed E-state index contributed by atoms with van der Waals surface area (Å²) < 4.78 is 15.8. The van der Waals surface area contributed by atoms with Gasteiger partial charge in [0.25, 0.3) is 0 Å². The first-order chi connectivity index (χ1) is 11.6. The molecule has 0 saturated heterocycles. The fourth-order valence-corrected chi connectivity index (χ4v) is 2.74. The Morgan fingerprint density at radius 3 is 2.17 bits per heavy atom. The topological polar surface area (TPSA) is 68.2 Å². The van der Waals surface area contributed by atoms with Crippen LogP contribution < -0.4 is 14.2 Å². The second-order valence-electron chi connectivity index (χ2n) is 5.52. The van der Waals surface area contributed by atoms with Crippen molar-refractivity contribution in [2.75, 3.05) is 27.9 Å². The van der Waals surface area contributed by atoms with Crippen LogP contribution in [0.1, 0.15) is 17.2 Å². The van der Waals surface area contributed by atoms with E-state index in [1.807, 2.05) is 24.3 Å². The molecule has 0 spiro atoms. The third-order valence-corrected chi connectivity index (χ3v) is 4.10. The Morgan fingerprint density at radius 2 is 1.54 bits per heavy atom. The highest BCUT2D eigenvalue weighted by molar-refractivity contribution is 5.43. The highest BCUT2D eigenvalue weighted by Crippen LogP contribution is 2.34. The Morgan fingerprint density at radius 1 is 0.875 bits per heavy atom. The first-order valence-corrected chi connectivity index (χ1v) is 7.77. The van der Waals surface area contributed by atoms with E-state index in [2.05, 4.69) is 0 Å². The third kappa shape index (κ3) is 3.99. The molecule has 24 heavy (non-hydrogen) atoms. The Kier molecular flexibility index (Phi) is 6.46. The maximum atomic E-state index is 10.7. The lowest BCUT2D eigenvalue weighted by atomic mass is 9.90. The molecule has 2 N–H and O–H groups in total. The second-order valence-corrected chi connectivity index (χ2v) is 5.52. The van der Waals surface area contributed by atoms with E-state index in [0.717, 1.165) is 11.3 Å². The van der Waals surface area contributed by atoms with Crippen LogP contribution in [0.3, 0.4) is 0 Å². The summed E-state index contributed by atoms with van der Waals surface area (Å²) in [6.07, 6.45) is -0.338. The lowest BCUT2D eigenvalue weighted by molar-refractivity contribution is 0.0663. The Hall–Kier alpha value is -2.24. The summed E-state index contributed by atoms with van der Waals surface area (Å²) in [5.41, 5.74) is 1.61. The lowest BCUT2D eigenvalue weighted by Gasteiger charge is -2.23. The van der Waals surface area contributed by atoms with Crippen molar-refractivity contribution in [2.45, 2.75) is 12.5 Å². The van der Waals surface area contributed by atoms with Crippen molar-refractivity contribution in [1.82, 2.24) is 0 Å². The Labute approximate surface area is 142 Å². The van der Waals surface area contributed by atoms with E-state index in [1.54, 1.807) is 39.5 Å². The largest absolute Gasteiger partial charge is 0.496 e. The summed E-state index contributed by atoms with van der Waals surface area (Å²) >= 11 is 0. The van der Waals surface area contributed by atoms with E-state index in [1.165, 1.54) is 0 Å². The zero-order valence-electron chi connectivity index (χ0n) is 14.2. The average Bonchev–Trinajstić information content (AvgIpc) is 2.65. The van der Waals surface area contributed by atoms with Crippen molar-refractivity contribution in [2.24, 2.45) is 5.92 Å². The molecular weight excluding hydrogens is 308 g/mol. The molecule has 5 nitrogen and oxygen atoms in total. The molecule has 0 amide bonds. The SMILES string of the molecule is COc1ccccc1CC(CO)C(O)c1ccc(OC)c(OC)c1.